The van der Waals surface area contributed by atoms with Crippen LogP contribution in [0.25, 0.3) is 6.08 Å². The number of aliphatic hydroxyl groups excluding tert-OH is 1. The molecule has 2 aromatic rings. The van der Waals surface area contributed by atoms with E-state index in [0.717, 1.165) is 11.1 Å². The Kier molecular flexibility index (Phi) is 3.70. The van der Waals surface area contributed by atoms with E-state index in [9.17, 15) is 5.11 Å². The molecule has 0 radical (unpaired) electrons. The van der Waals surface area contributed by atoms with Crippen LogP contribution in [0.4, 0.5) is 0 Å². The highest BCUT2D eigenvalue weighted by atomic mass is 35.5. The number of rotatable bonds is 2. The fraction of sp³-hybridized carbons (Fsp3) is 0.125. The molecule has 2 aromatic carbocycles. The molecule has 2 nitrogen and oxygen atoms in total. The van der Waals surface area contributed by atoms with Crippen molar-refractivity contribution in [1.82, 2.24) is 0 Å². The van der Waals surface area contributed by atoms with Crippen molar-refractivity contribution in [3.63, 3.8) is 0 Å². The smallest absolute Gasteiger partial charge is 0.147 e. The van der Waals surface area contributed by atoms with E-state index < -0.39 is 12.2 Å². The fourth-order valence-electron chi connectivity index (χ4n) is 2.23. The number of hydrogen-bond donors (Lipinski definition) is 1. The van der Waals surface area contributed by atoms with Gasteiger partial charge in [0.05, 0.1) is 5.02 Å². The fourth-order valence-corrected chi connectivity index (χ4v) is 2.69. The zero-order valence-corrected chi connectivity index (χ0v) is 12.0. The summed E-state index contributed by atoms with van der Waals surface area (Å²) in [4.78, 5) is 0. The highest BCUT2D eigenvalue weighted by molar-refractivity contribution is 6.35. The monoisotopic (exact) mass is 306 g/mol. The summed E-state index contributed by atoms with van der Waals surface area (Å²) in [7, 11) is 0. The Bertz CT molecular complexity index is 667. The second-order valence-electron chi connectivity index (χ2n) is 4.59. The zero-order valence-electron chi connectivity index (χ0n) is 10.5. The summed E-state index contributed by atoms with van der Waals surface area (Å²) >= 11 is 11.9. The maximum atomic E-state index is 10.4. The summed E-state index contributed by atoms with van der Waals surface area (Å²) in [5, 5.41) is 11.4. The molecule has 0 saturated carbocycles. The molecular formula is C16H12Cl2O2. The van der Waals surface area contributed by atoms with Crippen molar-refractivity contribution < 1.29 is 9.84 Å². The highest BCUT2D eigenvalue weighted by Crippen LogP contribution is 2.34. The van der Waals surface area contributed by atoms with Gasteiger partial charge in [-0.25, -0.2) is 0 Å². The van der Waals surface area contributed by atoms with Crippen LogP contribution in [0.5, 0.6) is 5.75 Å². The molecular weight excluding hydrogens is 295 g/mol. The minimum Gasteiger partial charge on any atom is -0.482 e. The van der Waals surface area contributed by atoms with Crippen molar-refractivity contribution in [2.45, 2.75) is 12.2 Å². The lowest BCUT2D eigenvalue weighted by molar-refractivity contribution is 0.0624. The minimum absolute atomic E-state index is 0.428. The number of halogens is 2. The average molecular weight is 307 g/mol. The summed E-state index contributed by atoms with van der Waals surface area (Å²) in [5.41, 5.74) is 1.85. The van der Waals surface area contributed by atoms with E-state index in [-0.39, 0.29) is 0 Å². The van der Waals surface area contributed by atoms with Gasteiger partial charge in [0.25, 0.3) is 0 Å². The third-order valence-corrected chi connectivity index (χ3v) is 3.78. The topological polar surface area (TPSA) is 29.5 Å². The van der Waals surface area contributed by atoms with Gasteiger partial charge in [0.1, 0.15) is 18.0 Å². The largest absolute Gasteiger partial charge is 0.482 e. The first kappa shape index (κ1) is 13.5. The summed E-state index contributed by atoms with van der Waals surface area (Å²) in [6.07, 6.45) is 2.58. The van der Waals surface area contributed by atoms with Crippen LogP contribution >= 0.6 is 23.2 Å². The molecule has 1 aliphatic carbocycles. The Morgan fingerprint density at radius 3 is 2.65 bits per heavy atom. The number of benzene rings is 2. The predicted molar refractivity (Wildman–Crippen MR) is 81.3 cm³/mol. The molecule has 3 rings (SSSR count). The van der Waals surface area contributed by atoms with E-state index in [1.807, 2.05) is 36.4 Å². The van der Waals surface area contributed by atoms with Crippen LogP contribution in [0, 0.1) is 0 Å². The number of aliphatic hydroxyl groups is 1. The Hall–Kier alpha value is -1.48. The molecule has 20 heavy (non-hydrogen) atoms. The third-order valence-electron chi connectivity index (χ3n) is 3.25. The first-order valence-corrected chi connectivity index (χ1v) is 6.97. The lowest BCUT2D eigenvalue weighted by Gasteiger charge is -2.26. The van der Waals surface area contributed by atoms with Gasteiger partial charge in [-0.3, -0.25) is 0 Å². The van der Waals surface area contributed by atoms with Crippen molar-refractivity contribution in [2.24, 2.45) is 0 Å². The first-order valence-electron chi connectivity index (χ1n) is 6.22. The molecule has 2 atom stereocenters. The molecule has 0 bridgehead atoms. The summed E-state index contributed by atoms with van der Waals surface area (Å²) in [6.45, 7) is 0. The quantitative estimate of drug-likeness (QED) is 0.885. The molecule has 0 aliphatic heterocycles. The average Bonchev–Trinajstić information content (AvgIpc) is 2.45. The van der Waals surface area contributed by atoms with E-state index in [1.165, 1.54) is 0 Å². The van der Waals surface area contributed by atoms with Crippen LogP contribution in [-0.4, -0.2) is 11.2 Å². The van der Waals surface area contributed by atoms with Gasteiger partial charge < -0.3 is 9.84 Å². The molecule has 4 heteroatoms. The van der Waals surface area contributed by atoms with Gasteiger partial charge in [0, 0.05) is 5.02 Å². The highest BCUT2D eigenvalue weighted by Gasteiger charge is 2.26. The van der Waals surface area contributed by atoms with Crippen molar-refractivity contribution in [2.75, 3.05) is 0 Å². The molecule has 102 valence electrons. The Morgan fingerprint density at radius 1 is 1.05 bits per heavy atom. The maximum Gasteiger partial charge on any atom is 0.147 e. The zero-order chi connectivity index (χ0) is 14.1. The van der Waals surface area contributed by atoms with Crippen molar-refractivity contribution in [3.05, 3.63) is 69.7 Å². The molecule has 1 aliphatic rings. The second kappa shape index (κ2) is 5.49. The van der Waals surface area contributed by atoms with Crippen LogP contribution in [0.1, 0.15) is 17.2 Å². The van der Waals surface area contributed by atoms with Crippen LogP contribution in [-0.2, 0) is 0 Å². The van der Waals surface area contributed by atoms with Crippen LogP contribution in [0.2, 0.25) is 10.0 Å². The van der Waals surface area contributed by atoms with Crippen LogP contribution < -0.4 is 4.74 Å². The lowest BCUT2D eigenvalue weighted by Crippen LogP contribution is -2.26. The van der Waals surface area contributed by atoms with E-state index >= 15 is 0 Å². The third kappa shape index (κ3) is 2.55. The molecule has 0 unspecified atom stereocenters. The van der Waals surface area contributed by atoms with E-state index in [0.29, 0.717) is 15.8 Å². The summed E-state index contributed by atoms with van der Waals surface area (Å²) in [6, 6.07) is 12.7. The summed E-state index contributed by atoms with van der Waals surface area (Å²) < 4.78 is 5.78. The van der Waals surface area contributed by atoms with Crippen molar-refractivity contribution >= 4 is 29.3 Å². The molecule has 0 heterocycles. The molecule has 0 saturated heterocycles. The van der Waals surface area contributed by atoms with E-state index in [2.05, 4.69) is 0 Å². The van der Waals surface area contributed by atoms with E-state index in [1.54, 1.807) is 18.2 Å². The minimum atomic E-state index is -0.719. The van der Waals surface area contributed by atoms with Crippen molar-refractivity contribution in [3.8, 4) is 5.75 Å². The number of fused-ring (bicyclic) bond motifs is 1. The van der Waals surface area contributed by atoms with E-state index in [4.69, 9.17) is 27.9 Å². The number of hydrogen-bond acceptors (Lipinski definition) is 2. The van der Waals surface area contributed by atoms with Gasteiger partial charge in [-0.1, -0.05) is 53.5 Å². The van der Waals surface area contributed by atoms with Crippen molar-refractivity contribution in [1.29, 1.82) is 0 Å². The first-order chi connectivity index (χ1) is 9.65. The second-order valence-corrected chi connectivity index (χ2v) is 5.43. The normalized spacial score (nSPS) is 20.6. The van der Waals surface area contributed by atoms with Gasteiger partial charge in [0.15, 0.2) is 0 Å². The molecule has 0 amide bonds. The van der Waals surface area contributed by atoms with Crippen LogP contribution in [0.15, 0.2) is 48.5 Å². The van der Waals surface area contributed by atoms with Gasteiger partial charge >= 0.3 is 0 Å². The Balaban J connectivity index is 1.86. The maximum absolute atomic E-state index is 10.4. The lowest BCUT2D eigenvalue weighted by atomic mass is 9.93. The molecule has 0 fully saturated rings. The molecule has 0 spiro atoms. The predicted octanol–water partition coefficient (Wildman–Crippen LogP) is 4.50. The van der Waals surface area contributed by atoms with Gasteiger partial charge in [-0.2, -0.15) is 0 Å². The number of ether oxygens (including phenoxy) is 1. The van der Waals surface area contributed by atoms with Gasteiger partial charge in [-0.05, 0) is 35.4 Å². The molecule has 0 aromatic heterocycles. The molecule has 1 N–H and O–H groups in total. The Labute approximate surface area is 127 Å². The Morgan fingerprint density at radius 2 is 1.85 bits per heavy atom. The SMILES string of the molecule is O[C@H]1c2ccccc2C=C[C@@H]1Oc1ccc(Cl)cc1Cl. The van der Waals surface area contributed by atoms with Gasteiger partial charge in [0.2, 0.25) is 0 Å². The summed E-state index contributed by atoms with van der Waals surface area (Å²) in [5.74, 6) is 0.504. The van der Waals surface area contributed by atoms with Crippen LogP contribution in [0.3, 0.4) is 0 Å². The van der Waals surface area contributed by atoms with Gasteiger partial charge in [-0.15, -0.1) is 0 Å². The standard InChI is InChI=1S/C16H12Cl2O2/c17-11-6-8-14(13(18)9-11)20-15-7-5-10-3-1-2-4-12(10)16(15)19/h1-9,15-16,19H/t15-,16-/m0/s1.